The van der Waals surface area contributed by atoms with Crippen molar-refractivity contribution in [1.29, 1.82) is 0 Å². The third-order valence-corrected chi connectivity index (χ3v) is 3.28. The predicted molar refractivity (Wildman–Crippen MR) is 85.2 cm³/mol. The highest BCUT2D eigenvalue weighted by atomic mass is 15.1. The van der Waals surface area contributed by atoms with Crippen molar-refractivity contribution in [3.8, 4) is 0 Å². The summed E-state index contributed by atoms with van der Waals surface area (Å²) >= 11 is 0. The van der Waals surface area contributed by atoms with E-state index in [0.717, 1.165) is 23.8 Å². The van der Waals surface area contributed by atoms with Gasteiger partial charge in [0.1, 0.15) is 17.5 Å². The van der Waals surface area contributed by atoms with Crippen molar-refractivity contribution in [3.63, 3.8) is 0 Å². The molecule has 6 heteroatoms. The second-order valence-electron chi connectivity index (χ2n) is 6.46. The summed E-state index contributed by atoms with van der Waals surface area (Å²) in [6.45, 7) is 11.1. The van der Waals surface area contributed by atoms with E-state index in [0.29, 0.717) is 5.82 Å². The first-order chi connectivity index (χ1) is 9.77. The molecule has 0 saturated carbocycles. The van der Waals surface area contributed by atoms with Crippen molar-refractivity contribution < 1.29 is 0 Å². The lowest BCUT2D eigenvalue weighted by atomic mass is 9.95. The molecule has 0 spiro atoms. The van der Waals surface area contributed by atoms with Gasteiger partial charge in [0.2, 0.25) is 0 Å². The Morgan fingerprint density at radius 1 is 1.33 bits per heavy atom. The second-order valence-corrected chi connectivity index (χ2v) is 6.46. The van der Waals surface area contributed by atoms with E-state index in [1.807, 2.05) is 17.7 Å². The third kappa shape index (κ3) is 3.71. The molecule has 0 bridgehead atoms. The van der Waals surface area contributed by atoms with E-state index >= 15 is 0 Å². The minimum absolute atomic E-state index is 0.133. The van der Waals surface area contributed by atoms with Crippen LogP contribution in [0.1, 0.15) is 39.1 Å². The molecular formula is C15H24N6. The van der Waals surface area contributed by atoms with Gasteiger partial charge in [0.15, 0.2) is 0 Å². The minimum atomic E-state index is -0.133. The number of nitrogens with one attached hydrogen (secondary N) is 1. The number of nitrogens with zero attached hydrogens (tertiary/aromatic N) is 4. The van der Waals surface area contributed by atoms with E-state index < -0.39 is 0 Å². The number of rotatable bonds is 4. The van der Waals surface area contributed by atoms with E-state index in [9.17, 15) is 0 Å². The molecular weight excluding hydrogens is 264 g/mol. The zero-order valence-corrected chi connectivity index (χ0v) is 13.4. The van der Waals surface area contributed by atoms with Crippen molar-refractivity contribution in [2.45, 2.75) is 52.6 Å². The summed E-state index contributed by atoms with van der Waals surface area (Å²) in [5.41, 5.74) is 6.78. The highest BCUT2D eigenvalue weighted by Gasteiger charge is 2.20. The average molecular weight is 288 g/mol. The lowest BCUT2D eigenvalue weighted by molar-refractivity contribution is 0.544. The molecule has 1 unspecified atom stereocenters. The Bertz CT molecular complexity index is 597. The normalized spacial score (nSPS) is 13.2. The van der Waals surface area contributed by atoms with Crippen LogP contribution in [0, 0.1) is 6.92 Å². The van der Waals surface area contributed by atoms with Crippen molar-refractivity contribution in [3.05, 3.63) is 30.1 Å². The zero-order chi connectivity index (χ0) is 15.6. The van der Waals surface area contributed by atoms with Crippen LogP contribution in [0.15, 0.2) is 18.7 Å². The van der Waals surface area contributed by atoms with Crippen LogP contribution >= 0.6 is 0 Å². The van der Waals surface area contributed by atoms with Gasteiger partial charge >= 0.3 is 0 Å². The molecule has 114 valence electrons. The summed E-state index contributed by atoms with van der Waals surface area (Å²) in [5, 5.41) is 3.42. The fraction of sp³-hybridized carbons (Fsp3) is 0.533. The van der Waals surface area contributed by atoms with E-state index in [1.165, 1.54) is 0 Å². The van der Waals surface area contributed by atoms with Crippen LogP contribution in [0.4, 0.5) is 11.6 Å². The molecule has 0 amide bonds. The first-order valence-corrected chi connectivity index (χ1v) is 7.14. The molecule has 2 heterocycles. The first kappa shape index (κ1) is 15.3. The molecule has 6 nitrogen and oxygen atoms in total. The molecule has 0 fully saturated rings. The molecule has 3 N–H and O–H groups in total. The topological polar surface area (TPSA) is 81.6 Å². The maximum Gasteiger partial charge on any atom is 0.138 e. The Kier molecular flexibility index (Phi) is 4.16. The number of aromatic nitrogens is 4. The van der Waals surface area contributed by atoms with Crippen LogP contribution in [-0.2, 0) is 12.0 Å². The number of anilines is 2. The molecule has 2 aromatic heterocycles. The Morgan fingerprint density at radius 3 is 2.62 bits per heavy atom. The van der Waals surface area contributed by atoms with E-state index in [2.05, 4.69) is 48.0 Å². The van der Waals surface area contributed by atoms with Gasteiger partial charge in [0, 0.05) is 36.0 Å². The number of imidazole rings is 1. The fourth-order valence-corrected chi connectivity index (χ4v) is 2.00. The van der Waals surface area contributed by atoms with E-state index in [-0.39, 0.29) is 11.5 Å². The lowest BCUT2D eigenvalue weighted by Gasteiger charge is -2.22. The van der Waals surface area contributed by atoms with Gasteiger partial charge in [0.25, 0.3) is 0 Å². The van der Waals surface area contributed by atoms with Gasteiger partial charge in [-0.2, -0.15) is 0 Å². The van der Waals surface area contributed by atoms with Gasteiger partial charge < -0.3 is 15.6 Å². The lowest BCUT2D eigenvalue weighted by Crippen LogP contribution is -2.25. The third-order valence-electron chi connectivity index (χ3n) is 3.28. The minimum Gasteiger partial charge on any atom is -0.383 e. The van der Waals surface area contributed by atoms with Gasteiger partial charge in [-0.15, -0.1) is 0 Å². The first-order valence-electron chi connectivity index (χ1n) is 7.14. The molecule has 1 atom stereocenters. The van der Waals surface area contributed by atoms with Crippen LogP contribution in [0.25, 0.3) is 0 Å². The average Bonchev–Trinajstić information content (AvgIpc) is 2.86. The second kappa shape index (κ2) is 5.71. The number of hydrogen-bond donors (Lipinski definition) is 2. The van der Waals surface area contributed by atoms with Crippen LogP contribution in [0.3, 0.4) is 0 Å². The molecule has 0 aromatic carbocycles. The summed E-state index contributed by atoms with van der Waals surface area (Å²) < 4.78 is 2.03. The highest BCUT2D eigenvalue weighted by molar-refractivity contribution is 5.55. The number of nitrogen functional groups attached to an aromatic ring is 1. The van der Waals surface area contributed by atoms with E-state index in [4.69, 9.17) is 5.73 Å². The molecule has 0 aliphatic rings. The van der Waals surface area contributed by atoms with Gasteiger partial charge in [-0.1, -0.05) is 20.8 Å². The van der Waals surface area contributed by atoms with Gasteiger partial charge in [0.05, 0.1) is 6.33 Å². The number of hydrogen-bond acceptors (Lipinski definition) is 5. The van der Waals surface area contributed by atoms with Crippen molar-refractivity contribution in [2.75, 3.05) is 11.1 Å². The Labute approximate surface area is 125 Å². The molecule has 2 aromatic rings. The monoisotopic (exact) mass is 288 g/mol. The maximum absolute atomic E-state index is 6.02. The molecule has 0 saturated heterocycles. The maximum atomic E-state index is 6.02. The van der Waals surface area contributed by atoms with Crippen LogP contribution < -0.4 is 11.1 Å². The molecule has 21 heavy (non-hydrogen) atoms. The summed E-state index contributed by atoms with van der Waals surface area (Å²) in [4.78, 5) is 13.1. The van der Waals surface area contributed by atoms with Gasteiger partial charge in [-0.25, -0.2) is 15.0 Å². The summed E-state index contributed by atoms with van der Waals surface area (Å²) in [5.74, 6) is 2.09. The molecule has 0 aliphatic carbocycles. The van der Waals surface area contributed by atoms with Gasteiger partial charge in [-0.3, -0.25) is 0 Å². The Hall–Kier alpha value is -2.11. The SMILES string of the molecule is Cc1c(N)nc(C(C)(C)C)nc1NC(C)Cn1ccnc1. The summed E-state index contributed by atoms with van der Waals surface area (Å²) in [6.07, 6.45) is 5.53. The highest BCUT2D eigenvalue weighted by Crippen LogP contribution is 2.25. The summed E-state index contributed by atoms with van der Waals surface area (Å²) in [7, 11) is 0. The smallest absolute Gasteiger partial charge is 0.138 e. The van der Waals surface area contributed by atoms with Crippen LogP contribution in [0.5, 0.6) is 0 Å². The summed E-state index contributed by atoms with van der Waals surface area (Å²) in [6, 6.07) is 0.208. The van der Waals surface area contributed by atoms with Crippen molar-refractivity contribution in [2.24, 2.45) is 0 Å². The zero-order valence-electron chi connectivity index (χ0n) is 13.4. The largest absolute Gasteiger partial charge is 0.383 e. The number of nitrogens with two attached hydrogens (primary N) is 1. The predicted octanol–water partition coefficient (Wildman–Crippen LogP) is 2.36. The Morgan fingerprint density at radius 2 is 2.05 bits per heavy atom. The van der Waals surface area contributed by atoms with Crippen molar-refractivity contribution in [1.82, 2.24) is 19.5 Å². The molecule has 0 aliphatic heterocycles. The molecule has 0 radical (unpaired) electrons. The standard InChI is InChI=1S/C15H24N6/c1-10(8-21-7-6-17-9-21)18-13-11(2)12(16)19-14(20-13)15(3,4)5/h6-7,9-10H,8H2,1-5H3,(H3,16,18,19,20). The van der Waals surface area contributed by atoms with Gasteiger partial charge in [-0.05, 0) is 13.8 Å². The van der Waals surface area contributed by atoms with E-state index in [1.54, 1.807) is 12.5 Å². The van der Waals surface area contributed by atoms with Crippen LogP contribution in [-0.4, -0.2) is 25.6 Å². The molecule has 2 rings (SSSR count). The fourth-order valence-electron chi connectivity index (χ4n) is 2.00. The Balaban J connectivity index is 2.20. The van der Waals surface area contributed by atoms with Crippen molar-refractivity contribution >= 4 is 11.6 Å². The van der Waals surface area contributed by atoms with Crippen LogP contribution in [0.2, 0.25) is 0 Å². The quantitative estimate of drug-likeness (QED) is 0.902.